The highest BCUT2D eigenvalue weighted by molar-refractivity contribution is 7.89. The van der Waals surface area contributed by atoms with Gasteiger partial charge in [-0.2, -0.15) is 0 Å². The number of rotatable bonds is 11. The third-order valence-corrected chi connectivity index (χ3v) is 8.99. The second kappa shape index (κ2) is 12.6. The van der Waals surface area contributed by atoms with Crippen molar-refractivity contribution in [1.82, 2.24) is 20.0 Å². The topological polar surface area (TPSA) is 126 Å². The molecule has 11 heteroatoms. The lowest BCUT2D eigenvalue weighted by molar-refractivity contribution is -0.0152. The molecule has 0 saturated carbocycles. The molecule has 0 bridgehead atoms. The minimum absolute atomic E-state index is 0.0495. The summed E-state index contributed by atoms with van der Waals surface area (Å²) in [5, 5.41) is 13.8. The second-order valence-corrected chi connectivity index (χ2v) is 12.4. The number of nitrogens with zero attached hydrogens (tertiary/aromatic N) is 3. The van der Waals surface area contributed by atoms with Crippen molar-refractivity contribution < 1.29 is 23.0 Å². The molecule has 214 valence electrons. The fourth-order valence-corrected chi connectivity index (χ4v) is 6.04. The number of benzene rings is 2. The Balaban J connectivity index is 1.04. The van der Waals surface area contributed by atoms with Crippen LogP contribution in [0, 0.1) is 0 Å². The van der Waals surface area contributed by atoms with E-state index in [0.717, 1.165) is 50.3 Å². The third-order valence-electron chi connectivity index (χ3n) is 7.58. The van der Waals surface area contributed by atoms with E-state index in [4.69, 9.17) is 9.47 Å². The summed E-state index contributed by atoms with van der Waals surface area (Å²) in [6.45, 7) is 2.68. The fourth-order valence-electron chi connectivity index (χ4n) is 5.28. The molecule has 0 amide bonds. The van der Waals surface area contributed by atoms with Crippen LogP contribution >= 0.6 is 0 Å². The maximum atomic E-state index is 12.0. The number of piperidine rings is 1. The predicted octanol–water partition coefficient (Wildman–Crippen LogP) is 2.13. The van der Waals surface area contributed by atoms with Gasteiger partial charge < -0.3 is 24.8 Å². The molecule has 2 unspecified atom stereocenters. The molecule has 5 rings (SSSR count). The molecule has 2 fully saturated rings. The SMILES string of the molecule is CNS(=O)(=O)c1cccc(OCC(O)CNC2COC3(CCN(c4ncc(Cc5ccccc5)cn4)CC3)C2)c1. The highest BCUT2D eigenvalue weighted by Crippen LogP contribution is 2.36. The first kappa shape index (κ1) is 28.4. The summed E-state index contributed by atoms with van der Waals surface area (Å²) in [5.41, 5.74) is 2.18. The number of anilines is 1. The number of aliphatic hydroxyl groups is 1. The Morgan fingerprint density at radius 3 is 2.58 bits per heavy atom. The molecule has 3 heterocycles. The molecule has 2 aliphatic heterocycles. The van der Waals surface area contributed by atoms with Crippen LogP contribution in [0.25, 0.3) is 0 Å². The van der Waals surface area contributed by atoms with Crippen LogP contribution < -0.4 is 19.7 Å². The summed E-state index contributed by atoms with van der Waals surface area (Å²) in [6, 6.07) is 16.7. The Morgan fingerprint density at radius 1 is 1.10 bits per heavy atom. The zero-order valence-electron chi connectivity index (χ0n) is 22.7. The van der Waals surface area contributed by atoms with Gasteiger partial charge in [-0.25, -0.2) is 23.1 Å². The van der Waals surface area contributed by atoms with Crippen molar-refractivity contribution in [1.29, 1.82) is 0 Å². The predicted molar refractivity (Wildman–Crippen MR) is 152 cm³/mol. The first-order chi connectivity index (χ1) is 19.3. The largest absolute Gasteiger partial charge is 0.491 e. The van der Waals surface area contributed by atoms with E-state index >= 15 is 0 Å². The van der Waals surface area contributed by atoms with Gasteiger partial charge >= 0.3 is 0 Å². The number of aliphatic hydroxyl groups excluding tert-OH is 1. The zero-order chi connectivity index (χ0) is 28.0. The molecule has 2 atom stereocenters. The van der Waals surface area contributed by atoms with E-state index in [-0.39, 0.29) is 23.1 Å². The summed E-state index contributed by atoms with van der Waals surface area (Å²) in [4.78, 5) is 11.6. The van der Waals surface area contributed by atoms with Crippen LogP contribution in [0.4, 0.5) is 5.95 Å². The lowest BCUT2D eigenvalue weighted by atomic mass is 9.87. The molecular formula is C29H37N5O5S. The molecule has 3 N–H and O–H groups in total. The lowest BCUT2D eigenvalue weighted by Crippen LogP contribution is -2.45. The summed E-state index contributed by atoms with van der Waals surface area (Å²) in [6.07, 6.45) is 6.60. The standard InChI is InChI=1S/C29H37N5O5S/c1-30-40(36,37)27-9-5-8-26(15-27)38-21-25(35)19-31-24-16-29(39-20-24)10-12-34(13-11-29)28-32-17-23(18-33-28)14-22-6-3-2-4-7-22/h2-9,15,17-18,24-25,30-31,35H,10-14,16,19-21H2,1H3. The molecule has 2 aliphatic rings. The van der Waals surface area contributed by atoms with Crippen molar-refractivity contribution in [3.05, 3.63) is 78.1 Å². The molecule has 10 nitrogen and oxygen atoms in total. The van der Waals surface area contributed by atoms with Gasteiger partial charge in [-0.05, 0) is 49.6 Å². The zero-order valence-corrected chi connectivity index (χ0v) is 23.5. The summed E-state index contributed by atoms with van der Waals surface area (Å²) < 4.78 is 38.2. The maximum Gasteiger partial charge on any atom is 0.240 e. The summed E-state index contributed by atoms with van der Waals surface area (Å²) >= 11 is 0. The van der Waals surface area contributed by atoms with Crippen LogP contribution in [0.15, 0.2) is 71.9 Å². The van der Waals surface area contributed by atoms with Gasteiger partial charge in [-0.15, -0.1) is 0 Å². The highest BCUT2D eigenvalue weighted by atomic mass is 32.2. The van der Waals surface area contributed by atoms with Crippen LogP contribution in [0.5, 0.6) is 5.75 Å². The molecule has 0 radical (unpaired) electrons. The molecule has 1 aromatic heterocycles. The van der Waals surface area contributed by atoms with Crippen LogP contribution in [-0.4, -0.2) is 81.1 Å². The monoisotopic (exact) mass is 567 g/mol. The lowest BCUT2D eigenvalue weighted by Gasteiger charge is -2.38. The van der Waals surface area contributed by atoms with Gasteiger partial charge in [0.1, 0.15) is 18.5 Å². The first-order valence-electron chi connectivity index (χ1n) is 13.7. The highest BCUT2D eigenvalue weighted by Gasteiger charge is 2.43. The normalized spacial score (nSPS) is 19.6. The minimum Gasteiger partial charge on any atom is -0.491 e. The molecule has 0 aliphatic carbocycles. The van der Waals surface area contributed by atoms with Crippen LogP contribution in [-0.2, 0) is 21.2 Å². The number of ether oxygens (including phenoxy) is 2. The van der Waals surface area contributed by atoms with Crippen molar-refractivity contribution in [2.75, 3.05) is 44.8 Å². The van der Waals surface area contributed by atoms with Gasteiger partial charge in [-0.3, -0.25) is 0 Å². The Kier molecular flexibility index (Phi) is 8.97. The van der Waals surface area contributed by atoms with Gasteiger partial charge in [0, 0.05) is 50.6 Å². The number of hydrogen-bond donors (Lipinski definition) is 3. The molecule has 3 aromatic rings. The van der Waals surface area contributed by atoms with Gasteiger partial charge in [0.15, 0.2) is 0 Å². The van der Waals surface area contributed by atoms with Crippen molar-refractivity contribution in [3.8, 4) is 5.75 Å². The van der Waals surface area contributed by atoms with Crippen molar-refractivity contribution >= 4 is 16.0 Å². The molecule has 40 heavy (non-hydrogen) atoms. The number of hydrogen-bond acceptors (Lipinski definition) is 9. The van der Waals surface area contributed by atoms with Crippen LogP contribution in [0.2, 0.25) is 0 Å². The van der Waals surface area contributed by atoms with E-state index in [2.05, 4.69) is 37.0 Å². The number of sulfonamides is 1. The van der Waals surface area contributed by atoms with Crippen molar-refractivity contribution in [2.45, 2.75) is 48.3 Å². The third kappa shape index (κ3) is 7.15. The average molecular weight is 568 g/mol. The van der Waals surface area contributed by atoms with Crippen molar-refractivity contribution in [2.24, 2.45) is 0 Å². The van der Waals surface area contributed by atoms with E-state index in [1.807, 2.05) is 30.6 Å². The van der Waals surface area contributed by atoms with Gasteiger partial charge in [-0.1, -0.05) is 36.4 Å². The Morgan fingerprint density at radius 2 is 1.85 bits per heavy atom. The van der Waals surface area contributed by atoms with Crippen LogP contribution in [0.3, 0.4) is 0 Å². The van der Waals surface area contributed by atoms with Gasteiger partial charge in [0.05, 0.1) is 17.1 Å². The Hall–Kier alpha value is -3.09. The first-order valence-corrected chi connectivity index (χ1v) is 15.1. The molecule has 2 aromatic carbocycles. The Labute approximate surface area is 235 Å². The summed E-state index contributed by atoms with van der Waals surface area (Å²) in [5.74, 6) is 1.15. The maximum absolute atomic E-state index is 12.0. The molecular weight excluding hydrogens is 530 g/mol. The smallest absolute Gasteiger partial charge is 0.240 e. The van der Waals surface area contributed by atoms with Gasteiger partial charge in [0.25, 0.3) is 0 Å². The number of nitrogens with one attached hydrogen (secondary N) is 2. The average Bonchev–Trinajstić information content (AvgIpc) is 3.38. The fraction of sp³-hybridized carbons (Fsp3) is 0.448. The van der Waals surface area contributed by atoms with E-state index in [1.54, 1.807) is 12.1 Å². The van der Waals surface area contributed by atoms with Gasteiger partial charge in [0.2, 0.25) is 16.0 Å². The quantitative estimate of drug-likeness (QED) is 0.320. The Bertz CT molecular complexity index is 1350. The summed E-state index contributed by atoms with van der Waals surface area (Å²) in [7, 11) is -2.20. The second-order valence-electron chi connectivity index (χ2n) is 10.5. The van der Waals surface area contributed by atoms with E-state index < -0.39 is 16.1 Å². The van der Waals surface area contributed by atoms with Crippen molar-refractivity contribution in [3.63, 3.8) is 0 Å². The van der Waals surface area contributed by atoms with E-state index in [0.29, 0.717) is 18.9 Å². The van der Waals surface area contributed by atoms with Crippen LogP contribution in [0.1, 0.15) is 30.4 Å². The van der Waals surface area contributed by atoms with E-state index in [9.17, 15) is 13.5 Å². The minimum atomic E-state index is -3.55. The number of aromatic nitrogens is 2. The molecule has 2 saturated heterocycles. The van der Waals surface area contributed by atoms with E-state index in [1.165, 1.54) is 24.7 Å². The molecule has 1 spiro atoms.